The lowest BCUT2D eigenvalue weighted by molar-refractivity contribution is 0.187. The Morgan fingerprint density at radius 1 is 0.971 bits per heavy atom. The smallest absolute Gasteiger partial charge is 0.199 e. The highest BCUT2D eigenvalue weighted by Crippen LogP contribution is 2.33. The fourth-order valence-electron chi connectivity index (χ4n) is 4.40. The maximum absolute atomic E-state index is 5.91. The summed E-state index contributed by atoms with van der Waals surface area (Å²) in [5.41, 5.74) is 4.66. The third-order valence-electron chi connectivity index (χ3n) is 6.16. The Balaban J connectivity index is 1.45. The molecule has 0 fully saturated rings. The van der Waals surface area contributed by atoms with E-state index >= 15 is 0 Å². The van der Waals surface area contributed by atoms with E-state index in [1.165, 1.54) is 16.7 Å². The molecule has 174 valence electrons. The van der Waals surface area contributed by atoms with Gasteiger partial charge in [-0.1, -0.05) is 30.3 Å². The zero-order valence-electron chi connectivity index (χ0n) is 19.3. The molecule has 0 spiro atoms. The first-order chi connectivity index (χ1) is 16.7. The number of rotatable bonds is 7. The van der Waals surface area contributed by atoms with Gasteiger partial charge in [-0.25, -0.2) is 4.68 Å². The van der Waals surface area contributed by atoms with Crippen molar-refractivity contribution < 1.29 is 9.47 Å². The molecule has 0 amide bonds. The first-order valence-corrected chi connectivity index (χ1v) is 11.6. The number of ether oxygens (including phenoxy) is 2. The molecule has 2 aromatic carbocycles. The van der Waals surface area contributed by atoms with E-state index in [1.54, 1.807) is 20.4 Å². The Morgan fingerprint density at radius 3 is 2.44 bits per heavy atom. The summed E-state index contributed by atoms with van der Waals surface area (Å²) < 4.78 is 15.7. The van der Waals surface area contributed by atoms with Gasteiger partial charge in [-0.3, -0.25) is 14.5 Å². The number of aromatic nitrogens is 4. The molecular formula is C26H27N5O2S. The van der Waals surface area contributed by atoms with Gasteiger partial charge in [0.1, 0.15) is 0 Å². The number of pyridine rings is 1. The van der Waals surface area contributed by atoms with Crippen molar-refractivity contribution >= 4 is 12.2 Å². The maximum atomic E-state index is 5.91. The van der Waals surface area contributed by atoms with Gasteiger partial charge in [-0.15, -0.1) is 0 Å². The van der Waals surface area contributed by atoms with Crippen LogP contribution in [0.15, 0.2) is 67.0 Å². The van der Waals surface area contributed by atoms with Crippen LogP contribution in [-0.2, 0) is 26.2 Å². The van der Waals surface area contributed by atoms with Crippen molar-refractivity contribution in [2.24, 2.45) is 0 Å². The monoisotopic (exact) mass is 473 g/mol. The quantitative estimate of drug-likeness (QED) is 0.367. The van der Waals surface area contributed by atoms with Crippen molar-refractivity contribution in [2.45, 2.75) is 26.2 Å². The van der Waals surface area contributed by atoms with Crippen LogP contribution in [0.25, 0.3) is 11.4 Å². The van der Waals surface area contributed by atoms with Gasteiger partial charge in [0.15, 0.2) is 22.1 Å². The van der Waals surface area contributed by atoms with E-state index in [0.717, 1.165) is 42.4 Å². The summed E-state index contributed by atoms with van der Waals surface area (Å²) in [4.78, 5) is 6.65. The summed E-state index contributed by atoms with van der Waals surface area (Å²) in [5, 5.41) is 4.94. The van der Waals surface area contributed by atoms with Crippen molar-refractivity contribution in [2.75, 3.05) is 20.8 Å². The van der Waals surface area contributed by atoms with Crippen LogP contribution in [-0.4, -0.2) is 45.0 Å². The van der Waals surface area contributed by atoms with Crippen LogP contribution in [0.3, 0.4) is 0 Å². The molecule has 3 heterocycles. The van der Waals surface area contributed by atoms with Crippen LogP contribution >= 0.6 is 12.2 Å². The molecular weight excluding hydrogens is 446 g/mol. The van der Waals surface area contributed by atoms with Crippen LogP contribution in [0.4, 0.5) is 0 Å². The third kappa shape index (κ3) is 4.47. The Labute approximate surface area is 204 Å². The van der Waals surface area contributed by atoms with Crippen molar-refractivity contribution in [3.8, 4) is 22.9 Å². The minimum absolute atomic E-state index is 0.613. The normalized spacial score (nSPS) is 13.5. The highest BCUT2D eigenvalue weighted by atomic mass is 32.1. The second-order valence-corrected chi connectivity index (χ2v) is 8.70. The van der Waals surface area contributed by atoms with Crippen molar-refractivity contribution in [3.05, 3.63) is 88.5 Å². The number of fused-ring (bicyclic) bond motifs is 1. The first-order valence-electron chi connectivity index (χ1n) is 11.2. The molecule has 0 bridgehead atoms. The van der Waals surface area contributed by atoms with Crippen LogP contribution in [0.2, 0.25) is 0 Å². The molecule has 0 N–H and O–H groups in total. The molecule has 2 aromatic heterocycles. The third-order valence-corrected chi connectivity index (χ3v) is 6.59. The fraction of sp³-hybridized carbons (Fsp3) is 0.269. The summed E-state index contributed by atoms with van der Waals surface area (Å²) in [5.74, 6) is 2.36. The Morgan fingerprint density at radius 2 is 1.74 bits per heavy atom. The Hall–Kier alpha value is -3.49. The summed E-state index contributed by atoms with van der Waals surface area (Å²) in [6.45, 7) is 2.98. The topological polar surface area (TPSA) is 57.3 Å². The van der Waals surface area contributed by atoms with Gasteiger partial charge >= 0.3 is 0 Å². The van der Waals surface area contributed by atoms with Gasteiger partial charge in [-0.05, 0) is 59.6 Å². The van der Waals surface area contributed by atoms with E-state index in [2.05, 4.69) is 38.7 Å². The summed E-state index contributed by atoms with van der Waals surface area (Å²) in [7, 11) is 3.34. The second kappa shape index (κ2) is 9.79. The SMILES string of the molecule is COc1cc2c(cc1OC)CN(Cn1nc(-c3cccnc3)n(Cc3ccccc3)c1=S)CC2. The average molecular weight is 474 g/mol. The van der Waals surface area contributed by atoms with E-state index in [-0.39, 0.29) is 0 Å². The van der Waals surface area contributed by atoms with E-state index in [4.69, 9.17) is 26.8 Å². The predicted octanol–water partition coefficient (Wildman–Crippen LogP) is 4.56. The molecule has 1 aliphatic rings. The lowest BCUT2D eigenvalue weighted by Crippen LogP contribution is -2.33. The van der Waals surface area contributed by atoms with E-state index in [0.29, 0.717) is 18.0 Å². The molecule has 5 rings (SSSR count). The number of hydrogen-bond acceptors (Lipinski definition) is 6. The summed E-state index contributed by atoms with van der Waals surface area (Å²) >= 11 is 5.91. The molecule has 0 atom stereocenters. The predicted molar refractivity (Wildman–Crippen MR) is 133 cm³/mol. The van der Waals surface area contributed by atoms with E-state index in [1.807, 2.05) is 41.2 Å². The molecule has 34 heavy (non-hydrogen) atoms. The highest BCUT2D eigenvalue weighted by molar-refractivity contribution is 7.71. The summed E-state index contributed by atoms with van der Waals surface area (Å²) in [6.07, 6.45) is 4.54. The number of benzene rings is 2. The molecule has 8 heteroatoms. The lowest BCUT2D eigenvalue weighted by Gasteiger charge is -2.29. The van der Waals surface area contributed by atoms with Crippen molar-refractivity contribution in [3.63, 3.8) is 0 Å². The molecule has 0 saturated carbocycles. The molecule has 1 aliphatic heterocycles. The van der Waals surface area contributed by atoms with Gasteiger partial charge in [0.2, 0.25) is 0 Å². The van der Waals surface area contributed by atoms with E-state index in [9.17, 15) is 0 Å². The van der Waals surface area contributed by atoms with Crippen LogP contribution in [0.5, 0.6) is 11.5 Å². The van der Waals surface area contributed by atoms with Gasteiger partial charge in [0.05, 0.1) is 27.4 Å². The van der Waals surface area contributed by atoms with Crippen LogP contribution in [0, 0.1) is 4.77 Å². The van der Waals surface area contributed by atoms with Gasteiger partial charge in [0, 0.05) is 31.0 Å². The van der Waals surface area contributed by atoms with Crippen molar-refractivity contribution in [1.29, 1.82) is 0 Å². The molecule has 4 aromatic rings. The zero-order valence-corrected chi connectivity index (χ0v) is 20.2. The number of methoxy groups -OCH3 is 2. The lowest BCUT2D eigenvalue weighted by atomic mass is 9.99. The standard InChI is InChI=1S/C26H27N5O2S/c1-32-23-13-20-10-12-29(17-22(20)14-24(23)33-2)18-31-26(34)30(16-19-7-4-3-5-8-19)25(28-31)21-9-6-11-27-15-21/h3-9,11,13-15H,10,12,16-18H2,1-2H3. The minimum Gasteiger partial charge on any atom is -0.493 e. The van der Waals surface area contributed by atoms with Gasteiger partial charge in [0.25, 0.3) is 0 Å². The van der Waals surface area contributed by atoms with Gasteiger partial charge in [-0.2, -0.15) is 5.10 Å². The van der Waals surface area contributed by atoms with Crippen LogP contribution < -0.4 is 9.47 Å². The number of hydrogen-bond donors (Lipinski definition) is 0. The molecule has 0 saturated heterocycles. The minimum atomic E-state index is 0.613. The van der Waals surface area contributed by atoms with Gasteiger partial charge < -0.3 is 9.47 Å². The fourth-order valence-corrected chi connectivity index (χ4v) is 4.65. The van der Waals surface area contributed by atoms with Crippen molar-refractivity contribution in [1.82, 2.24) is 24.2 Å². The zero-order chi connectivity index (χ0) is 23.5. The van der Waals surface area contributed by atoms with E-state index < -0.39 is 0 Å². The van der Waals surface area contributed by atoms with Crippen LogP contribution in [0.1, 0.15) is 16.7 Å². The molecule has 0 aliphatic carbocycles. The Kier molecular flexibility index (Phi) is 6.42. The molecule has 7 nitrogen and oxygen atoms in total. The number of nitrogens with zero attached hydrogens (tertiary/aromatic N) is 5. The Bertz CT molecular complexity index is 1330. The summed E-state index contributed by atoms with van der Waals surface area (Å²) in [6, 6.07) is 18.4. The molecule has 0 unspecified atom stereocenters. The average Bonchev–Trinajstić information content (AvgIpc) is 3.19. The molecule has 0 radical (unpaired) electrons. The second-order valence-electron chi connectivity index (χ2n) is 8.34. The first kappa shape index (κ1) is 22.3. The maximum Gasteiger partial charge on any atom is 0.199 e. The largest absolute Gasteiger partial charge is 0.493 e. The highest BCUT2D eigenvalue weighted by Gasteiger charge is 2.21.